The van der Waals surface area contributed by atoms with Crippen LogP contribution < -0.4 is 0 Å². The van der Waals surface area contributed by atoms with Crippen LogP contribution in [0.5, 0.6) is 0 Å². The zero-order chi connectivity index (χ0) is 4.41. The van der Waals surface area contributed by atoms with E-state index in [0.29, 0.717) is 0 Å². The second-order valence-corrected chi connectivity index (χ2v) is 3.02. The molecule has 1 rings (SSSR count). The van der Waals surface area contributed by atoms with E-state index in [1.54, 1.807) is 11.9 Å². The standard InChI is InChI=1S/C3H6NS2/c5-4-2-1-3-6-4/h1-3H2. The Balaban J connectivity index is 2.18. The predicted octanol–water partition coefficient (Wildman–Crippen LogP) is 1.45. The molecule has 35 valence electrons. The largest absolute Gasteiger partial charge is 0.184 e. The van der Waals surface area contributed by atoms with Gasteiger partial charge in [0.25, 0.3) is 0 Å². The SMILES string of the molecule is [S]N1CCCS1. The van der Waals surface area contributed by atoms with Crippen molar-refractivity contribution in [1.29, 1.82) is 0 Å². The van der Waals surface area contributed by atoms with Crippen LogP contribution >= 0.6 is 24.8 Å². The quantitative estimate of drug-likeness (QED) is 0.445. The van der Waals surface area contributed by atoms with Gasteiger partial charge in [0.15, 0.2) is 0 Å². The van der Waals surface area contributed by atoms with E-state index in [-0.39, 0.29) is 0 Å². The summed E-state index contributed by atoms with van der Waals surface area (Å²) in [6.07, 6.45) is 1.27. The van der Waals surface area contributed by atoms with Crippen LogP contribution in [0.3, 0.4) is 0 Å². The van der Waals surface area contributed by atoms with Gasteiger partial charge in [0, 0.05) is 25.1 Å². The Morgan fingerprint density at radius 3 is 2.67 bits per heavy atom. The van der Waals surface area contributed by atoms with Crippen molar-refractivity contribution in [3.8, 4) is 0 Å². The van der Waals surface area contributed by atoms with Crippen LogP contribution in [0.15, 0.2) is 0 Å². The molecule has 6 heavy (non-hydrogen) atoms. The molecule has 0 spiro atoms. The Kier molecular flexibility index (Phi) is 1.68. The van der Waals surface area contributed by atoms with Gasteiger partial charge >= 0.3 is 0 Å². The van der Waals surface area contributed by atoms with Gasteiger partial charge in [0.05, 0.1) is 0 Å². The van der Waals surface area contributed by atoms with E-state index in [1.165, 1.54) is 12.2 Å². The molecule has 1 heterocycles. The van der Waals surface area contributed by atoms with E-state index in [0.717, 1.165) is 6.54 Å². The highest BCUT2D eigenvalue weighted by Crippen LogP contribution is 2.20. The number of nitrogens with zero attached hydrogens (tertiary/aromatic N) is 1. The van der Waals surface area contributed by atoms with E-state index in [4.69, 9.17) is 12.8 Å². The van der Waals surface area contributed by atoms with Gasteiger partial charge in [-0.3, -0.25) is 0 Å². The Morgan fingerprint density at radius 1 is 1.67 bits per heavy atom. The van der Waals surface area contributed by atoms with E-state index in [1.807, 2.05) is 3.71 Å². The van der Waals surface area contributed by atoms with E-state index >= 15 is 0 Å². The van der Waals surface area contributed by atoms with Crippen LogP contribution in [0.2, 0.25) is 0 Å². The summed E-state index contributed by atoms with van der Waals surface area (Å²) < 4.78 is 1.86. The van der Waals surface area contributed by atoms with Crippen LogP contribution in [0.25, 0.3) is 0 Å². The fourth-order valence-corrected chi connectivity index (χ4v) is 1.50. The van der Waals surface area contributed by atoms with E-state index in [2.05, 4.69) is 0 Å². The maximum absolute atomic E-state index is 4.80. The molecule has 3 heteroatoms. The van der Waals surface area contributed by atoms with E-state index < -0.39 is 0 Å². The average Bonchev–Trinajstić information content (AvgIpc) is 1.86. The smallest absolute Gasteiger partial charge is 0.0219 e. The number of hydrogen-bond donors (Lipinski definition) is 0. The molecule has 1 radical (unpaired) electrons. The summed E-state index contributed by atoms with van der Waals surface area (Å²) in [7, 11) is 0. The maximum Gasteiger partial charge on any atom is 0.0219 e. The lowest BCUT2D eigenvalue weighted by molar-refractivity contribution is 0.769. The molecule has 0 bridgehead atoms. The summed E-state index contributed by atoms with van der Waals surface area (Å²) in [4.78, 5) is 0. The molecule has 1 aliphatic rings. The highest BCUT2D eigenvalue weighted by atomic mass is 32.2. The van der Waals surface area contributed by atoms with Gasteiger partial charge in [0.1, 0.15) is 0 Å². The zero-order valence-corrected chi connectivity index (χ0v) is 5.02. The zero-order valence-electron chi connectivity index (χ0n) is 3.39. The topological polar surface area (TPSA) is 3.24 Å². The molecular formula is C3H6NS2. The third kappa shape index (κ3) is 1.06. The van der Waals surface area contributed by atoms with Crippen molar-refractivity contribution < 1.29 is 0 Å². The first-order valence-corrected chi connectivity index (χ1v) is 3.28. The highest BCUT2D eigenvalue weighted by Gasteiger charge is 2.06. The normalized spacial score (nSPS) is 25.5. The Morgan fingerprint density at radius 2 is 2.50 bits per heavy atom. The Hall–Kier alpha value is 0.660. The molecule has 0 aromatic carbocycles. The van der Waals surface area contributed by atoms with Crippen molar-refractivity contribution in [2.45, 2.75) is 6.42 Å². The lowest BCUT2D eigenvalue weighted by atomic mass is 10.5. The molecule has 0 saturated carbocycles. The minimum Gasteiger partial charge on any atom is -0.184 e. The molecule has 1 aliphatic heterocycles. The summed E-state index contributed by atoms with van der Waals surface area (Å²) in [6, 6.07) is 0. The van der Waals surface area contributed by atoms with Gasteiger partial charge < -0.3 is 0 Å². The minimum atomic E-state index is 1.10. The van der Waals surface area contributed by atoms with Gasteiger partial charge in [-0.2, -0.15) is 3.71 Å². The number of rotatable bonds is 0. The van der Waals surface area contributed by atoms with Crippen molar-refractivity contribution in [3.05, 3.63) is 0 Å². The first kappa shape index (κ1) is 4.81. The van der Waals surface area contributed by atoms with Gasteiger partial charge in [-0.1, -0.05) is 11.9 Å². The van der Waals surface area contributed by atoms with Crippen molar-refractivity contribution in [2.24, 2.45) is 0 Å². The lowest BCUT2D eigenvalue weighted by Crippen LogP contribution is -1.91. The first-order chi connectivity index (χ1) is 2.89. The summed E-state index contributed by atoms with van der Waals surface area (Å²) >= 11 is 6.54. The molecule has 1 fully saturated rings. The van der Waals surface area contributed by atoms with Crippen LogP contribution in [-0.4, -0.2) is 16.0 Å². The molecule has 0 aliphatic carbocycles. The van der Waals surface area contributed by atoms with Crippen molar-refractivity contribution in [3.63, 3.8) is 0 Å². The molecule has 0 amide bonds. The summed E-state index contributed by atoms with van der Waals surface area (Å²) in [5, 5.41) is 0. The van der Waals surface area contributed by atoms with Crippen molar-refractivity contribution >= 4 is 24.8 Å². The highest BCUT2D eigenvalue weighted by molar-refractivity contribution is 8.05. The fourth-order valence-electron chi connectivity index (χ4n) is 0.425. The molecule has 0 unspecified atom stereocenters. The minimum absolute atomic E-state index is 1.10. The maximum atomic E-state index is 4.80. The predicted molar refractivity (Wildman–Crippen MR) is 31.4 cm³/mol. The van der Waals surface area contributed by atoms with E-state index in [9.17, 15) is 0 Å². The summed E-state index contributed by atoms with van der Waals surface area (Å²) in [6.45, 7) is 1.10. The Labute approximate surface area is 47.8 Å². The van der Waals surface area contributed by atoms with Crippen molar-refractivity contribution in [1.82, 2.24) is 3.71 Å². The molecule has 1 saturated heterocycles. The fraction of sp³-hybridized carbons (Fsp3) is 1.00. The van der Waals surface area contributed by atoms with Crippen molar-refractivity contribution in [2.75, 3.05) is 12.3 Å². The van der Waals surface area contributed by atoms with Crippen LogP contribution in [0.1, 0.15) is 6.42 Å². The molecule has 0 aromatic heterocycles. The molecule has 1 nitrogen and oxygen atoms in total. The third-order valence-corrected chi connectivity index (χ3v) is 2.16. The number of hydrogen-bond acceptors (Lipinski definition) is 2. The van der Waals surface area contributed by atoms with Gasteiger partial charge in [-0.05, 0) is 6.42 Å². The first-order valence-electron chi connectivity index (χ1n) is 1.97. The van der Waals surface area contributed by atoms with Crippen LogP contribution in [-0.2, 0) is 0 Å². The Bertz CT molecular complexity index is 42.1. The second-order valence-electron chi connectivity index (χ2n) is 1.24. The van der Waals surface area contributed by atoms with Crippen LogP contribution in [0.4, 0.5) is 0 Å². The molecule has 0 atom stereocenters. The molecule has 0 aromatic rings. The third-order valence-electron chi connectivity index (χ3n) is 0.720. The van der Waals surface area contributed by atoms with Gasteiger partial charge in [0.2, 0.25) is 0 Å². The monoisotopic (exact) mass is 120 g/mol. The summed E-state index contributed by atoms with van der Waals surface area (Å²) in [5.41, 5.74) is 0. The van der Waals surface area contributed by atoms with Crippen LogP contribution in [0, 0.1) is 0 Å². The summed E-state index contributed by atoms with van der Waals surface area (Å²) in [5.74, 6) is 1.23. The molecule has 0 N–H and O–H groups in total. The lowest BCUT2D eigenvalue weighted by Gasteiger charge is -1.95. The van der Waals surface area contributed by atoms with Gasteiger partial charge in [-0.25, -0.2) is 0 Å². The second kappa shape index (κ2) is 2.09. The molecular weight excluding hydrogens is 114 g/mol. The van der Waals surface area contributed by atoms with Gasteiger partial charge in [-0.15, -0.1) is 0 Å². The average molecular weight is 120 g/mol.